The molecule has 100 valence electrons. The summed E-state index contributed by atoms with van der Waals surface area (Å²) in [6, 6.07) is 11.0. The zero-order valence-corrected chi connectivity index (χ0v) is 12.0. The second kappa shape index (κ2) is 6.26. The lowest BCUT2D eigenvalue weighted by atomic mass is 9.98. The Morgan fingerprint density at radius 2 is 1.84 bits per heavy atom. The summed E-state index contributed by atoms with van der Waals surface area (Å²) in [4.78, 5) is 0. The van der Waals surface area contributed by atoms with Gasteiger partial charge in [-0.05, 0) is 24.2 Å². The molecule has 0 radical (unpaired) electrons. The number of rotatable bonds is 4. The molecule has 0 bridgehead atoms. The Balaban J connectivity index is 2.48. The fourth-order valence-corrected chi connectivity index (χ4v) is 2.55. The Bertz CT molecular complexity index is 572. The molecule has 0 saturated heterocycles. The van der Waals surface area contributed by atoms with Gasteiger partial charge in [0.2, 0.25) is 0 Å². The molecular formula is C15H14BrF2N. The molecule has 4 heteroatoms. The lowest BCUT2D eigenvalue weighted by Gasteiger charge is -2.20. The number of hydrogen-bond acceptors (Lipinski definition) is 1. The van der Waals surface area contributed by atoms with Gasteiger partial charge in [0.15, 0.2) is 0 Å². The molecule has 19 heavy (non-hydrogen) atoms. The van der Waals surface area contributed by atoms with E-state index in [1.54, 1.807) is 0 Å². The van der Waals surface area contributed by atoms with Gasteiger partial charge in [-0.1, -0.05) is 47.1 Å². The maximum absolute atomic E-state index is 13.9. The summed E-state index contributed by atoms with van der Waals surface area (Å²) in [5, 5.41) is 3.22. The smallest absolute Gasteiger partial charge is 0.131 e. The molecule has 0 fully saturated rings. The van der Waals surface area contributed by atoms with Crippen LogP contribution >= 0.6 is 15.9 Å². The summed E-state index contributed by atoms with van der Waals surface area (Å²) in [5.41, 5.74) is 1.37. The summed E-state index contributed by atoms with van der Waals surface area (Å²) in [6.45, 7) is 2.63. The van der Waals surface area contributed by atoms with E-state index in [1.165, 1.54) is 12.1 Å². The summed E-state index contributed by atoms with van der Waals surface area (Å²) >= 11 is 3.47. The maximum Gasteiger partial charge on any atom is 0.131 e. The fourth-order valence-electron chi connectivity index (χ4n) is 2.04. The van der Waals surface area contributed by atoms with E-state index in [2.05, 4.69) is 21.2 Å². The molecule has 0 amide bonds. The maximum atomic E-state index is 13.9. The average Bonchev–Trinajstić information content (AvgIpc) is 2.38. The molecule has 2 aromatic carbocycles. The zero-order valence-electron chi connectivity index (χ0n) is 10.5. The average molecular weight is 326 g/mol. The minimum absolute atomic E-state index is 0.304. The Hall–Kier alpha value is -1.26. The monoisotopic (exact) mass is 325 g/mol. The Kier molecular flexibility index (Phi) is 4.66. The van der Waals surface area contributed by atoms with E-state index in [4.69, 9.17) is 0 Å². The Labute approximate surface area is 119 Å². The first kappa shape index (κ1) is 14.2. The van der Waals surface area contributed by atoms with E-state index in [0.29, 0.717) is 12.1 Å². The highest BCUT2D eigenvalue weighted by Gasteiger charge is 2.19. The Morgan fingerprint density at radius 3 is 2.47 bits per heavy atom. The lowest BCUT2D eigenvalue weighted by molar-refractivity contribution is 0.540. The summed E-state index contributed by atoms with van der Waals surface area (Å²) < 4.78 is 27.8. The predicted octanol–water partition coefficient (Wildman–Crippen LogP) is 4.43. The minimum atomic E-state index is -0.566. The molecule has 0 saturated carbocycles. The largest absolute Gasteiger partial charge is 0.306 e. The van der Waals surface area contributed by atoms with Crippen molar-refractivity contribution in [2.45, 2.75) is 13.0 Å². The molecule has 0 aliphatic carbocycles. The van der Waals surface area contributed by atoms with Gasteiger partial charge in [-0.15, -0.1) is 0 Å². The van der Waals surface area contributed by atoms with E-state index in [9.17, 15) is 8.78 Å². The number of nitrogens with one attached hydrogen (secondary N) is 1. The van der Waals surface area contributed by atoms with Crippen molar-refractivity contribution in [3.8, 4) is 0 Å². The molecule has 1 atom stereocenters. The second-order valence-corrected chi connectivity index (χ2v) is 5.03. The molecule has 0 spiro atoms. The third-order valence-electron chi connectivity index (χ3n) is 2.90. The minimum Gasteiger partial charge on any atom is -0.306 e. The number of benzene rings is 2. The van der Waals surface area contributed by atoms with Crippen LogP contribution in [-0.2, 0) is 0 Å². The van der Waals surface area contributed by atoms with Crippen LogP contribution in [0.3, 0.4) is 0 Å². The molecule has 0 aliphatic rings. The van der Waals surface area contributed by atoms with Crippen molar-refractivity contribution < 1.29 is 8.78 Å². The van der Waals surface area contributed by atoms with E-state index >= 15 is 0 Å². The predicted molar refractivity (Wildman–Crippen MR) is 76.0 cm³/mol. The normalized spacial score (nSPS) is 12.4. The third-order valence-corrected chi connectivity index (χ3v) is 3.62. The van der Waals surface area contributed by atoms with Crippen LogP contribution in [0.1, 0.15) is 24.1 Å². The van der Waals surface area contributed by atoms with Crippen LogP contribution in [0, 0.1) is 11.6 Å². The van der Waals surface area contributed by atoms with Crippen molar-refractivity contribution in [1.29, 1.82) is 0 Å². The van der Waals surface area contributed by atoms with Crippen LogP contribution in [0.5, 0.6) is 0 Å². The molecule has 1 nitrogen and oxygen atoms in total. The molecule has 0 heterocycles. The van der Waals surface area contributed by atoms with Crippen LogP contribution in [0.25, 0.3) is 0 Å². The number of halogens is 3. The van der Waals surface area contributed by atoms with E-state index in [0.717, 1.165) is 16.1 Å². The lowest BCUT2D eigenvalue weighted by Crippen LogP contribution is -2.23. The summed E-state index contributed by atoms with van der Waals surface area (Å²) in [6.07, 6.45) is 0. The van der Waals surface area contributed by atoms with Gasteiger partial charge in [-0.3, -0.25) is 0 Å². The highest BCUT2D eigenvalue weighted by atomic mass is 79.9. The Morgan fingerprint density at radius 1 is 1.11 bits per heavy atom. The SMILES string of the molecule is CCNC(c1ccc(F)cc1F)c1ccccc1Br. The van der Waals surface area contributed by atoms with E-state index in [-0.39, 0.29) is 6.04 Å². The standard InChI is InChI=1S/C15H14BrF2N/c1-2-19-15(11-5-3-4-6-13(11)16)12-8-7-10(17)9-14(12)18/h3-9,15,19H,2H2,1H3. The second-order valence-electron chi connectivity index (χ2n) is 4.18. The van der Waals surface area contributed by atoms with Crippen LogP contribution in [0.4, 0.5) is 8.78 Å². The van der Waals surface area contributed by atoms with Gasteiger partial charge in [-0.25, -0.2) is 8.78 Å². The topological polar surface area (TPSA) is 12.0 Å². The first-order chi connectivity index (χ1) is 9.13. The van der Waals surface area contributed by atoms with Crippen LogP contribution < -0.4 is 5.32 Å². The first-order valence-electron chi connectivity index (χ1n) is 6.06. The van der Waals surface area contributed by atoms with Crippen molar-refractivity contribution in [1.82, 2.24) is 5.32 Å². The quantitative estimate of drug-likeness (QED) is 0.877. The van der Waals surface area contributed by atoms with Gasteiger partial charge in [-0.2, -0.15) is 0 Å². The van der Waals surface area contributed by atoms with Crippen molar-refractivity contribution in [2.24, 2.45) is 0 Å². The van der Waals surface area contributed by atoms with Gasteiger partial charge >= 0.3 is 0 Å². The van der Waals surface area contributed by atoms with E-state index in [1.807, 2.05) is 31.2 Å². The van der Waals surface area contributed by atoms with Crippen LogP contribution in [0.2, 0.25) is 0 Å². The highest BCUT2D eigenvalue weighted by Crippen LogP contribution is 2.30. The number of hydrogen-bond donors (Lipinski definition) is 1. The van der Waals surface area contributed by atoms with Gasteiger partial charge in [0.25, 0.3) is 0 Å². The highest BCUT2D eigenvalue weighted by molar-refractivity contribution is 9.10. The third kappa shape index (κ3) is 3.19. The molecule has 1 unspecified atom stereocenters. The molecule has 0 aromatic heterocycles. The van der Waals surface area contributed by atoms with Gasteiger partial charge in [0, 0.05) is 16.1 Å². The molecular weight excluding hydrogens is 312 g/mol. The first-order valence-corrected chi connectivity index (χ1v) is 6.85. The summed E-state index contributed by atoms with van der Waals surface area (Å²) in [5.74, 6) is -1.11. The van der Waals surface area contributed by atoms with Crippen molar-refractivity contribution >= 4 is 15.9 Å². The van der Waals surface area contributed by atoms with Crippen LogP contribution in [0.15, 0.2) is 46.9 Å². The van der Waals surface area contributed by atoms with Gasteiger partial charge in [0.05, 0.1) is 6.04 Å². The van der Waals surface area contributed by atoms with Gasteiger partial charge in [0.1, 0.15) is 11.6 Å². The molecule has 0 aliphatic heterocycles. The van der Waals surface area contributed by atoms with Gasteiger partial charge < -0.3 is 5.32 Å². The summed E-state index contributed by atoms with van der Waals surface area (Å²) in [7, 11) is 0. The molecule has 2 aromatic rings. The zero-order chi connectivity index (χ0) is 13.8. The van der Waals surface area contributed by atoms with Crippen molar-refractivity contribution in [3.05, 3.63) is 69.7 Å². The van der Waals surface area contributed by atoms with Crippen LogP contribution in [-0.4, -0.2) is 6.54 Å². The molecule has 1 N–H and O–H groups in total. The van der Waals surface area contributed by atoms with Crippen molar-refractivity contribution in [3.63, 3.8) is 0 Å². The fraction of sp³-hybridized carbons (Fsp3) is 0.200. The molecule has 2 rings (SSSR count). The van der Waals surface area contributed by atoms with E-state index < -0.39 is 11.6 Å². The van der Waals surface area contributed by atoms with Crippen molar-refractivity contribution in [2.75, 3.05) is 6.54 Å².